The van der Waals surface area contributed by atoms with Crippen LogP contribution in [0.1, 0.15) is 6.42 Å². The molecule has 3 rings (SSSR count). The van der Waals surface area contributed by atoms with Crippen LogP contribution in [0.25, 0.3) is 0 Å². The molecule has 1 saturated heterocycles. The van der Waals surface area contributed by atoms with Crippen molar-refractivity contribution < 1.29 is 4.79 Å². The van der Waals surface area contributed by atoms with Crippen molar-refractivity contribution in [1.82, 2.24) is 9.80 Å². The summed E-state index contributed by atoms with van der Waals surface area (Å²) in [5.74, 6) is 0.0225. The Balaban J connectivity index is 1.50. The van der Waals surface area contributed by atoms with Crippen LogP contribution in [0.5, 0.6) is 0 Å². The number of hydrogen-bond acceptors (Lipinski definition) is 4. The molecule has 5 nitrogen and oxygen atoms in total. The van der Waals surface area contributed by atoms with Gasteiger partial charge < -0.3 is 15.5 Å². The molecule has 148 valence electrons. The molecule has 1 aliphatic heterocycles. The van der Waals surface area contributed by atoms with Crippen molar-refractivity contribution in [3.63, 3.8) is 0 Å². The Bertz CT molecular complexity index is 800. The Labute approximate surface area is 176 Å². The van der Waals surface area contributed by atoms with Crippen LogP contribution >= 0.6 is 24.0 Å². The topological polar surface area (TPSA) is 47.6 Å². The zero-order chi connectivity index (χ0) is 19.8. The lowest BCUT2D eigenvalue weighted by Gasteiger charge is -2.25. The average Bonchev–Trinajstić information content (AvgIpc) is 2.94. The number of benzene rings is 2. The van der Waals surface area contributed by atoms with Gasteiger partial charge in [-0.1, -0.05) is 30.3 Å². The van der Waals surface area contributed by atoms with E-state index < -0.39 is 0 Å². The van der Waals surface area contributed by atoms with Gasteiger partial charge in [0.2, 0.25) is 5.91 Å². The van der Waals surface area contributed by atoms with Gasteiger partial charge in [-0.3, -0.25) is 9.69 Å². The van der Waals surface area contributed by atoms with Gasteiger partial charge in [0.15, 0.2) is 5.11 Å². The van der Waals surface area contributed by atoms with Gasteiger partial charge in [-0.15, -0.1) is 11.8 Å². The molecule has 0 radical (unpaired) electrons. The van der Waals surface area contributed by atoms with E-state index in [1.165, 1.54) is 4.90 Å². The average molecular weight is 415 g/mol. The first-order chi connectivity index (χ1) is 13.7. The van der Waals surface area contributed by atoms with E-state index in [4.69, 9.17) is 12.2 Å². The highest BCUT2D eigenvalue weighted by Gasteiger charge is 2.19. The fraction of sp³-hybridized carbons (Fsp3) is 0.333. The number of thioether (sulfide) groups is 1. The highest BCUT2D eigenvalue weighted by atomic mass is 32.2. The Morgan fingerprint density at radius 2 is 1.75 bits per heavy atom. The first kappa shape index (κ1) is 20.6. The zero-order valence-electron chi connectivity index (χ0n) is 16.1. The number of para-hydroxylation sites is 2. The fourth-order valence-electron chi connectivity index (χ4n) is 3.20. The minimum Gasteiger partial charge on any atom is -0.348 e. The van der Waals surface area contributed by atoms with Gasteiger partial charge in [0.25, 0.3) is 0 Å². The normalized spacial score (nSPS) is 15.0. The number of amides is 1. The van der Waals surface area contributed by atoms with Crippen LogP contribution in [0, 0.1) is 0 Å². The van der Waals surface area contributed by atoms with Crippen LogP contribution in [-0.4, -0.2) is 59.8 Å². The van der Waals surface area contributed by atoms with E-state index in [0.717, 1.165) is 49.1 Å². The summed E-state index contributed by atoms with van der Waals surface area (Å²) in [6, 6.07) is 17.8. The molecule has 1 aliphatic rings. The van der Waals surface area contributed by atoms with Gasteiger partial charge in [-0.2, -0.15) is 0 Å². The molecule has 0 bridgehead atoms. The molecule has 0 aliphatic carbocycles. The van der Waals surface area contributed by atoms with E-state index in [1.54, 1.807) is 11.8 Å². The standard InChI is InChI=1S/C21H26N4OS2/c1-28-19-11-6-5-10-18(19)23-21(27)25-13-7-12-24(14-15-25)16-20(26)22-17-8-3-2-4-9-17/h2-6,8-11H,7,12-16H2,1H3,(H,22,26)(H,23,27). The molecular formula is C21H26N4OS2. The number of nitrogens with zero attached hydrogens (tertiary/aromatic N) is 2. The number of carbonyl (C=O) groups is 1. The monoisotopic (exact) mass is 414 g/mol. The summed E-state index contributed by atoms with van der Waals surface area (Å²) >= 11 is 7.35. The fourth-order valence-corrected chi connectivity index (χ4v) is 4.05. The Morgan fingerprint density at radius 3 is 2.54 bits per heavy atom. The van der Waals surface area contributed by atoms with Crippen LogP contribution in [0.2, 0.25) is 0 Å². The summed E-state index contributed by atoms with van der Waals surface area (Å²) in [5.41, 5.74) is 1.88. The van der Waals surface area contributed by atoms with Gasteiger partial charge in [-0.05, 0) is 49.2 Å². The summed E-state index contributed by atoms with van der Waals surface area (Å²) in [6.45, 7) is 3.81. The Morgan fingerprint density at radius 1 is 1.00 bits per heavy atom. The molecule has 1 heterocycles. The molecule has 0 saturated carbocycles. The largest absolute Gasteiger partial charge is 0.348 e. The number of carbonyl (C=O) groups excluding carboxylic acids is 1. The van der Waals surface area contributed by atoms with E-state index in [1.807, 2.05) is 42.5 Å². The first-order valence-electron chi connectivity index (χ1n) is 9.42. The van der Waals surface area contributed by atoms with Gasteiger partial charge >= 0.3 is 0 Å². The molecule has 0 unspecified atom stereocenters. The number of thiocarbonyl (C=S) groups is 1. The van der Waals surface area contributed by atoms with Crippen molar-refractivity contribution in [3.05, 3.63) is 54.6 Å². The second-order valence-electron chi connectivity index (χ2n) is 6.66. The third-order valence-electron chi connectivity index (χ3n) is 4.65. The van der Waals surface area contributed by atoms with Crippen molar-refractivity contribution in [2.45, 2.75) is 11.3 Å². The summed E-state index contributed by atoms with van der Waals surface area (Å²) < 4.78 is 0. The molecule has 0 aromatic heterocycles. The molecule has 28 heavy (non-hydrogen) atoms. The van der Waals surface area contributed by atoms with E-state index in [2.05, 4.69) is 38.8 Å². The SMILES string of the molecule is CSc1ccccc1NC(=S)N1CCCN(CC(=O)Nc2ccccc2)CC1. The smallest absolute Gasteiger partial charge is 0.238 e. The predicted molar refractivity (Wildman–Crippen MR) is 122 cm³/mol. The number of nitrogens with one attached hydrogen (secondary N) is 2. The van der Waals surface area contributed by atoms with Crippen molar-refractivity contribution >= 4 is 46.4 Å². The number of anilines is 2. The van der Waals surface area contributed by atoms with Crippen molar-refractivity contribution in [2.75, 3.05) is 49.6 Å². The molecule has 2 aromatic carbocycles. The maximum absolute atomic E-state index is 12.3. The second-order valence-corrected chi connectivity index (χ2v) is 7.90. The summed E-state index contributed by atoms with van der Waals surface area (Å²) in [5, 5.41) is 7.09. The highest BCUT2D eigenvalue weighted by molar-refractivity contribution is 7.98. The quantitative estimate of drug-likeness (QED) is 0.574. The van der Waals surface area contributed by atoms with E-state index in [9.17, 15) is 4.79 Å². The lowest BCUT2D eigenvalue weighted by molar-refractivity contribution is -0.117. The minimum absolute atomic E-state index is 0.0225. The second kappa shape index (κ2) is 10.5. The molecule has 7 heteroatoms. The number of rotatable bonds is 5. The van der Waals surface area contributed by atoms with Crippen molar-refractivity contribution in [3.8, 4) is 0 Å². The molecule has 2 aromatic rings. The third-order valence-corrected chi connectivity index (χ3v) is 5.81. The maximum atomic E-state index is 12.3. The zero-order valence-corrected chi connectivity index (χ0v) is 17.7. The molecular weight excluding hydrogens is 388 g/mol. The van der Waals surface area contributed by atoms with E-state index >= 15 is 0 Å². The van der Waals surface area contributed by atoms with Crippen molar-refractivity contribution in [1.29, 1.82) is 0 Å². The predicted octanol–water partition coefficient (Wildman–Crippen LogP) is 3.75. The maximum Gasteiger partial charge on any atom is 0.238 e. The Hall–Kier alpha value is -2.09. The molecule has 1 fully saturated rings. The lowest BCUT2D eigenvalue weighted by atomic mass is 10.3. The highest BCUT2D eigenvalue weighted by Crippen LogP contribution is 2.25. The van der Waals surface area contributed by atoms with E-state index in [-0.39, 0.29) is 5.91 Å². The summed E-state index contributed by atoms with van der Waals surface area (Å²) in [4.78, 5) is 17.9. The van der Waals surface area contributed by atoms with Gasteiger partial charge in [-0.25, -0.2) is 0 Å². The van der Waals surface area contributed by atoms with Crippen LogP contribution in [0.15, 0.2) is 59.5 Å². The van der Waals surface area contributed by atoms with Crippen molar-refractivity contribution in [2.24, 2.45) is 0 Å². The molecule has 0 spiro atoms. The first-order valence-corrected chi connectivity index (χ1v) is 11.0. The van der Waals surface area contributed by atoms with E-state index in [0.29, 0.717) is 6.54 Å². The van der Waals surface area contributed by atoms with Crippen LogP contribution in [0.4, 0.5) is 11.4 Å². The Kier molecular flexibility index (Phi) is 7.71. The molecule has 0 atom stereocenters. The molecule has 2 N–H and O–H groups in total. The lowest BCUT2D eigenvalue weighted by Crippen LogP contribution is -2.39. The summed E-state index contributed by atoms with van der Waals surface area (Å²) in [6.07, 6.45) is 3.04. The van der Waals surface area contributed by atoms with Crippen LogP contribution < -0.4 is 10.6 Å². The van der Waals surface area contributed by atoms with Crippen LogP contribution in [-0.2, 0) is 4.79 Å². The van der Waals surface area contributed by atoms with Gasteiger partial charge in [0.1, 0.15) is 0 Å². The third kappa shape index (κ3) is 5.95. The van der Waals surface area contributed by atoms with Gasteiger partial charge in [0, 0.05) is 36.8 Å². The minimum atomic E-state index is 0.0225. The van der Waals surface area contributed by atoms with Gasteiger partial charge in [0.05, 0.1) is 12.2 Å². The summed E-state index contributed by atoms with van der Waals surface area (Å²) in [7, 11) is 0. The number of hydrogen-bond donors (Lipinski definition) is 2. The molecule has 1 amide bonds. The van der Waals surface area contributed by atoms with Crippen LogP contribution in [0.3, 0.4) is 0 Å².